The number of nitrogens with two attached hydrogens (primary N) is 1. The summed E-state index contributed by atoms with van der Waals surface area (Å²) in [4.78, 5) is 13.6. The first-order chi connectivity index (χ1) is 6.29. The molecule has 2 atom stereocenters. The normalized spacial score (nSPS) is 15.8. The van der Waals surface area contributed by atoms with E-state index in [1.165, 1.54) is 0 Å². The van der Waals surface area contributed by atoms with Gasteiger partial charge < -0.3 is 10.6 Å². The van der Waals surface area contributed by atoms with E-state index in [2.05, 4.69) is 20.8 Å². The summed E-state index contributed by atoms with van der Waals surface area (Å²) in [7, 11) is 1.83. The minimum absolute atomic E-state index is 0.0428. The van der Waals surface area contributed by atoms with Crippen molar-refractivity contribution in [2.75, 3.05) is 7.05 Å². The summed E-state index contributed by atoms with van der Waals surface area (Å²) in [5, 5.41) is 0. The molecule has 0 fully saturated rings. The van der Waals surface area contributed by atoms with Gasteiger partial charge in [-0.25, -0.2) is 0 Å². The number of hydrogen-bond acceptors (Lipinski definition) is 2. The van der Waals surface area contributed by atoms with Crippen molar-refractivity contribution < 1.29 is 4.79 Å². The highest BCUT2D eigenvalue weighted by atomic mass is 16.2. The Morgan fingerprint density at radius 1 is 1.07 bits per heavy atom. The molecule has 0 bridgehead atoms. The van der Waals surface area contributed by atoms with E-state index < -0.39 is 0 Å². The SMILES string of the molecule is CC(C)C(C)N(C)C(=O)[C@@H](N)C(C)C. The van der Waals surface area contributed by atoms with Crippen LogP contribution >= 0.6 is 0 Å². The van der Waals surface area contributed by atoms with Crippen molar-refractivity contribution in [3.8, 4) is 0 Å². The highest BCUT2D eigenvalue weighted by Crippen LogP contribution is 2.11. The third-order valence-corrected chi connectivity index (χ3v) is 2.93. The molecule has 0 spiro atoms. The van der Waals surface area contributed by atoms with Gasteiger partial charge in [0.15, 0.2) is 0 Å². The molecule has 0 aromatic carbocycles. The van der Waals surface area contributed by atoms with Crippen molar-refractivity contribution in [1.82, 2.24) is 4.90 Å². The topological polar surface area (TPSA) is 46.3 Å². The fourth-order valence-corrected chi connectivity index (χ4v) is 1.17. The molecule has 3 nitrogen and oxygen atoms in total. The third-order valence-electron chi connectivity index (χ3n) is 2.93. The number of rotatable bonds is 4. The number of carbonyl (C=O) groups excluding carboxylic acids is 1. The van der Waals surface area contributed by atoms with Crippen molar-refractivity contribution in [2.45, 2.75) is 46.7 Å². The van der Waals surface area contributed by atoms with Gasteiger partial charge in [0.25, 0.3) is 0 Å². The zero-order valence-corrected chi connectivity index (χ0v) is 10.2. The first kappa shape index (κ1) is 13.4. The average Bonchev–Trinajstić information content (AvgIpc) is 2.12. The predicted molar refractivity (Wildman–Crippen MR) is 59.9 cm³/mol. The van der Waals surface area contributed by atoms with E-state index in [4.69, 9.17) is 5.73 Å². The molecule has 0 rings (SSSR count). The fourth-order valence-electron chi connectivity index (χ4n) is 1.17. The standard InChI is InChI=1S/C11H24N2O/c1-7(2)9(5)13(6)11(14)10(12)8(3)4/h7-10H,12H2,1-6H3/t9?,10-/m0/s1. The molecule has 0 heterocycles. The second-order valence-electron chi connectivity index (χ2n) is 4.70. The Morgan fingerprint density at radius 3 is 1.79 bits per heavy atom. The molecule has 2 N–H and O–H groups in total. The lowest BCUT2D eigenvalue weighted by Gasteiger charge is -2.31. The first-order valence-corrected chi connectivity index (χ1v) is 5.31. The number of hydrogen-bond donors (Lipinski definition) is 1. The zero-order valence-electron chi connectivity index (χ0n) is 10.2. The summed E-state index contributed by atoms with van der Waals surface area (Å²) >= 11 is 0. The van der Waals surface area contributed by atoms with Crippen LogP contribution < -0.4 is 5.73 Å². The van der Waals surface area contributed by atoms with Crippen LogP contribution in [0, 0.1) is 11.8 Å². The quantitative estimate of drug-likeness (QED) is 0.747. The summed E-state index contributed by atoms with van der Waals surface area (Å²) in [6, 6.07) is -0.131. The molecule has 0 aliphatic rings. The lowest BCUT2D eigenvalue weighted by Crippen LogP contribution is -2.49. The molecule has 0 saturated carbocycles. The molecular weight excluding hydrogens is 176 g/mol. The molecule has 3 heteroatoms. The van der Waals surface area contributed by atoms with E-state index in [1.807, 2.05) is 20.9 Å². The summed E-state index contributed by atoms with van der Waals surface area (Å²) in [6.07, 6.45) is 0. The van der Waals surface area contributed by atoms with Crippen molar-refractivity contribution in [2.24, 2.45) is 17.6 Å². The van der Waals surface area contributed by atoms with Gasteiger partial charge in [-0.3, -0.25) is 4.79 Å². The number of likely N-dealkylation sites (N-methyl/N-ethyl adjacent to an activating group) is 1. The second kappa shape index (κ2) is 5.35. The lowest BCUT2D eigenvalue weighted by atomic mass is 10.0. The van der Waals surface area contributed by atoms with Crippen molar-refractivity contribution >= 4 is 5.91 Å². The average molecular weight is 200 g/mol. The molecule has 0 aliphatic heterocycles. The highest BCUT2D eigenvalue weighted by molar-refractivity contribution is 5.81. The number of nitrogens with zero attached hydrogens (tertiary/aromatic N) is 1. The van der Waals surface area contributed by atoms with Crippen LogP contribution in [-0.2, 0) is 4.79 Å². The van der Waals surface area contributed by atoms with E-state index >= 15 is 0 Å². The van der Waals surface area contributed by atoms with Crippen LogP contribution in [0.4, 0.5) is 0 Å². The molecule has 0 aliphatic carbocycles. The summed E-state index contributed by atoms with van der Waals surface area (Å²) in [6.45, 7) is 10.2. The van der Waals surface area contributed by atoms with Gasteiger partial charge >= 0.3 is 0 Å². The van der Waals surface area contributed by atoms with Crippen molar-refractivity contribution in [3.05, 3.63) is 0 Å². The summed E-state index contributed by atoms with van der Waals surface area (Å²) in [5.74, 6) is 0.703. The van der Waals surface area contributed by atoms with Gasteiger partial charge in [-0.05, 0) is 18.8 Å². The van der Waals surface area contributed by atoms with Crippen LogP contribution in [0.2, 0.25) is 0 Å². The molecular formula is C11H24N2O. The lowest BCUT2D eigenvalue weighted by molar-refractivity contribution is -0.134. The Balaban J connectivity index is 4.39. The van der Waals surface area contributed by atoms with Gasteiger partial charge in [0, 0.05) is 13.1 Å². The van der Waals surface area contributed by atoms with E-state index in [0.717, 1.165) is 0 Å². The smallest absolute Gasteiger partial charge is 0.239 e. The minimum atomic E-state index is -0.374. The van der Waals surface area contributed by atoms with Gasteiger partial charge in [-0.1, -0.05) is 27.7 Å². The van der Waals surface area contributed by atoms with Crippen molar-refractivity contribution in [1.29, 1.82) is 0 Å². The third kappa shape index (κ3) is 3.29. The van der Waals surface area contributed by atoms with Crippen LogP contribution in [0.5, 0.6) is 0 Å². The largest absolute Gasteiger partial charge is 0.341 e. The second-order valence-corrected chi connectivity index (χ2v) is 4.70. The van der Waals surface area contributed by atoms with Crippen LogP contribution in [0.25, 0.3) is 0 Å². The predicted octanol–water partition coefficient (Wildman–Crippen LogP) is 1.47. The monoisotopic (exact) mass is 200 g/mol. The molecule has 1 amide bonds. The van der Waals surface area contributed by atoms with Gasteiger partial charge in [-0.15, -0.1) is 0 Å². The van der Waals surface area contributed by atoms with E-state index in [0.29, 0.717) is 5.92 Å². The molecule has 0 aromatic heterocycles. The van der Waals surface area contributed by atoms with Gasteiger partial charge in [0.1, 0.15) is 0 Å². The molecule has 0 radical (unpaired) electrons. The van der Waals surface area contributed by atoms with Gasteiger partial charge in [0.2, 0.25) is 5.91 Å². The number of carbonyl (C=O) groups is 1. The maximum atomic E-state index is 11.8. The van der Waals surface area contributed by atoms with E-state index in [1.54, 1.807) is 4.90 Å². The molecule has 14 heavy (non-hydrogen) atoms. The molecule has 0 aromatic rings. The first-order valence-electron chi connectivity index (χ1n) is 5.31. The summed E-state index contributed by atoms with van der Waals surface area (Å²) < 4.78 is 0. The zero-order chi connectivity index (χ0) is 11.5. The maximum absolute atomic E-state index is 11.8. The van der Waals surface area contributed by atoms with Crippen LogP contribution in [0.1, 0.15) is 34.6 Å². The van der Waals surface area contributed by atoms with Crippen molar-refractivity contribution in [3.63, 3.8) is 0 Å². The van der Waals surface area contributed by atoms with Crippen LogP contribution in [-0.4, -0.2) is 29.9 Å². The fraction of sp³-hybridized carbons (Fsp3) is 0.909. The molecule has 0 saturated heterocycles. The van der Waals surface area contributed by atoms with Crippen LogP contribution in [0.3, 0.4) is 0 Å². The number of amides is 1. The van der Waals surface area contributed by atoms with Gasteiger partial charge in [0.05, 0.1) is 6.04 Å². The molecule has 84 valence electrons. The molecule has 1 unspecified atom stereocenters. The Hall–Kier alpha value is -0.570. The van der Waals surface area contributed by atoms with Crippen LogP contribution in [0.15, 0.2) is 0 Å². The van der Waals surface area contributed by atoms with E-state index in [-0.39, 0.29) is 23.9 Å². The Morgan fingerprint density at radius 2 is 1.50 bits per heavy atom. The Bertz CT molecular complexity index is 190. The highest BCUT2D eigenvalue weighted by Gasteiger charge is 2.25. The van der Waals surface area contributed by atoms with Gasteiger partial charge in [-0.2, -0.15) is 0 Å². The summed E-state index contributed by atoms with van der Waals surface area (Å²) in [5.41, 5.74) is 5.81. The Kier molecular flexibility index (Phi) is 5.13. The Labute approximate surface area is 87.6 Å². The minimum Gasteiger partial charge on any atom is -0.341 e. The van der Waals surface area contributed by atoms with E-state index in [9.17, 15) is 4.79 Å². The maximum Gasteiger partial charge on any atom is 0.239 e.